The van der Waals surface area contributed by atoms with E-state index >= 15 is 0 Å². The lowest BCUT2D eigenvalue weighted by Crippen LogP contribution is -2.27. The summed E-state index contributed by atoms with van der Waals surface area (Å²) in [6.07, 6.45) is 0.919. The normalized spacial score (nSPS) is 12.7. The second kappa shape index (κ2) is 6.59. The molecule has 20 heavy (non-hydrogen) atoms. The van der Waals surface area contributed by atoms with Crippen LogP contribution >= 0.6 is 15.9 Å². The number of benzene rings is 1. The molecular formula is C17H22BrNO. The largest absolute Gasteiger partial charge is 0.461 e. The van der Waals surface area contributed by atoms with E-state index in [1.54, 1.807) is 0 Å². The Labute approximate surface area is 129 Å². The first-order valence-electron chi connectivity index (χ1n) is 7.10. The molecule has 1 unspecified atom stereocenters. The maximum Gasteiger partial charge on any atom is 0.134 e. The Morgan fingerprint density at radius 3 is 2.45 bits per heavy atom. The lowest BCUT2D eigenvalue weighted by molar-refractivity contribution is 0.470. The summed E-state index contributed by atoms with van der Waals surface area (Å²) in [5, 5.41) is 3.40. The molecule has 1 atom stereocenters. The van der Waals surface area contributed by atoms with Crippen LogP contribution in [0.2, 0.25) is 0 Å². The molecule has 0 amide bonds. The smallest absolute Gasteiger partial charge is 0.134 e. The highest BCUT2D eigenvalue weighted by Crippen LogP contribution is 2.29. The van der Waals surface area contributed by atoms with Crippen molar-refractivity contribution in [3.8, 4) is 11.3 Å². The molecule has 0 aliphatic rings. The van der Waals surface area contributed by atoms with E-state index in [1.165, 1.54) is 15.6 Å². The Morgan fingerprint density at radius 2 is 1.85 bits per heavy atom. The predicted molar refractivity (Wildman–Crippen MR) is 88.2 cm³/mol. The summed E-state index contributed by atoms with van der Waals surface area (Å²) in [5.41, 5.74) is 3.61. The van der Waals surface area contributed by atoms with Gasteiger partial charge in [-0.1, -0.05) is 22.9 Å². The molecule has 0 saturated carbocycles. The third-order valence-electron chi connectivity index (χ3n) is 3.44. The van der Waals surface area contributed by atoms with Gasteiger partial charge in [-0.05, 0) is 62.7 Å². The van der Waals surface area contributed by atoms with Crippen LogP contribution in [0.25, 0.3) is 11.3 Å². The second-order valence-electron chi connectivity index (χ2n) is 5.35. The quantitative estimate of drug-likeness (QED) is 0.843. The molecule has 0 bridgehead atoms. The van der Waals surface area contributed by atoms with Gasteiger partial charge in [-0.2, -0.15) is 0 Å². The summed E-state index contributed by atoms with van der Waals surface area (Å²) >= 11 is 3.60. The van der Waals surface area contributed by atoms with Crippen LogP contribution in [0.15, 0.2) is 33.2 Å². The van der Waals surface area contributed by atoms with Crippen molar-refractivity contribution in [3.63, 3.8) is 0 Å². The van der Waals surface area contributed by atoms with E-state index in [4.69, 9.17) is 4.42 Å². The van der Waals surface area contributed by atoms with Crippen molar-refractivity contribution in [2.45, 2.75) is 40.2 Å². The Bertz CT molecular complexity index is 565. The fourth-order valence-corrected chi connectivity index (χ4v) is 2.68. The van der Waals surface area contributed by atoms with Crippen LogP contribution in [0.4, 0.5) is 0 Å². The molecule has 0 radical (unpaired) electrons. The number of halogens is 1. The van der Waals surface area contributed by atoms with Crippen molar-refractivity contribution in [3.05, 3.63) is 45.6 Å². The van der Waals surface area contributed by atoms with Gasteiger partial charge in [0.1, 0.15) is 11.5 Å². The minimum Gasteiger partial charge on any atom is -0.461 e. The molecule has 0 aliphatic heterocycles. The van der Waals surface area contributed by atoms with Crippen molar-refractivity contribution >= 4 is 15.9 Å². The molecule has 2 nitrogen and oxygen atoms in total. The summed E-state index contributed by atoms with van der Waals surface area (Å²) in [4.78, 5) is 0. The van der Waals surface area contributed by atoms with Gasteiger partial charge in [-0.15, -0.1) is 0 Å². The van der Waals surface area contributed by atoms with Crippen LogP contribution < -0.4 is 5.32 Å². The number of furan rings is 1. The number of rotatable bonds is 5. The highest BCUT2D eigenvalue weighted by molar-refractivity contribution is 9.10. The molecule has 108 valence electrons. The van der Waals surface area contributed by atoms with Gasteiger partial charge in [0.25, 0.3) is 0 Å². The van der Waals surface area contributed by atoms with Crippen LogP contribution in [0.3, 0.4) is 0 Å². The monoisotopic (exact) mass is 335 g/mol. The van der Waals surface area contributed by atoms with Gasteiger partial charge in [-0.3, -0.25) is 0 Å². The lowest BCUT2D eigenvalue weighted by atomic mass is 10.1. The maximum atomic E-state index is 5.98. The van der Waals surface area contributed by atoms with Crippen LogP contribution in [0.1, 0.15) is 30.7 Å². The minimum atomic E-state index is 0.437. The van der Waals surface area contributed by atoms with Gasteiger partial charge >= 0.3 is 0 Å². The molecule has 1 N–H and O–H groups in total. The standard InChI is InChI=1S/C17H22BrNO/c1-5-19-13(4)10-15-6-7-16(20-15)14-8-11(2)17(18)12(3)9-14/h6-9,13,19H,5,10H2,1-4H3. The average molecular weight is 336 g/mol. The van der Waals surface area contributed by atoms with E-state index in [0.29, 0.717) is 6.04 Å². The van der Waals surface area contributed by atoms with Gasteiger partial charge < -0.3 is 9.73 Å². The summed E-state index contributed by atoms with van der Waals surface area (Å²) in [7, 11) is 0. The number of hydrogen-bond donors (Lipinski definition) is 1. The molecule has 0 fully saturated rings. The molecule has 2 aromatic rings. The van der Waals surface area contributed by atoms with Crippen LogP contribution in [0, 0.1) is 13.8 Å². The average Bonchev–Trinajstić information content (AvgIpc) is 2.84. The van der Waals surface area contributed by atoms with E-state index in [0.717, 1.165) is 30.0 Å². The number of nitrogens with one attached hydrogen (secondary N) is 1. The number of aryl methyl sites for hydroxylation is 2. The zero-order valence-electron chi connectivity index (χ0n) is 12.6. The highest BCUT2D eigenvalue weighted by Gasteiger charge is 2.10. The van der Waals surface area contributed by atoms with Crippen LogP contribution in [-0.4, -0.2) is 12.6 Å². The van der Waals surface area contributed by atoms with Gasteiger partial charge in [0.15, 0.2) is 0 Å². The van der Waals surface area contributed by atoms with Gasteiger partial charge in [-0.25, -0.2) is 0 Å². The minimum absolute atomic E-state index is 0.437. The van der Waals surface area contributed by atoms with E-state index in [-0.39, 0.29) is 0 Å². The van der Waals surface area contributed by atoms with Crippen LogP contribution in [0.5, 0.6) is 0 Å². The number of likely N-dealkylation sites (N-methyl/N-ethyl adjacent to an activating group) is 1. The summed E-state index contributed by atoms with van der Waals surface area (Å²) < 4.78 is 7.16. The van der Waals surface area contributed by atoms with E-state index in [1.807, 2.05) is 0 Å². The third kappa shape index (κ3) is 3.53. The molecule has 0 saturated heterocycles. The van der Waals surface area contributed by atoms with Crippen molar-refractivity contribution in [1.82, 2.24) is 5.32 Å². The Hall–Kier alpha value is -1.06. The first-order chi connectivity index (χ1) is 9.51. The zero-order valence-corrected chi connectivity index (χ0v) is 14.2. The molecule has 0 aliphatic carbocycles. The molecule has 0 spiro atoms. The molecule has 3 heteroatoms. The Morgan fingerprint density at radius 1 is 1.20 bits per heavy atom. The summed E-state index contributed by atoms with van der Waals surface area (Å²) in [6.45, 7) is 9.51. The first-order valence-corrected chi connectivity index (χ1v) is 7.89. The van der Waals surface area contributed by atoms with Crippen molar-refractivity contribution in [2.75, 3.05) is 6.54 Å². The molecular weight excluding hydrogens is 314 g/mol. The van der Waals surface area contributed by atoms with Gasteiger partial charge in [0, 0.05) is 22.5 Å². The molecule has 1 aromatic heterocycles. The lowest BCUT2D eigenvalue weighted by Gasteiger charge is -2.10. The van der Waals surface area contributed by atoms with E-state index in [2.05, 4.69) is 73.2 Å². The van der Waals surface area contributed by atoms with Crippen LogP contribution in [-0.2, 0) is 6.42 Å². The Balaban J connectivity index is 2.20. The predicted octanol–water partition coefficient (Wildman–Crippen LogP) is 4.87. The summed E-state index contributed by atoms with van der Waals surface area (Å²) in [6, 6.07) is 8.90. The SMILES string of the molecule is CCNC(C)Cc1ccc(-c2cc(C)c(Br)c(C)c2)o1. The van der Waals surface area contributed by atoms with Crippen molar-refractivity contribution < 1.29 is 4.42 Å². The summed E-state index contributed by atoms with van der Waals surface area (Å²) in [5.74, 6) is 1.98. The molecule has 1 aromatic carbocycles. The Kier molecular flexibility index (Phi) is 5.06. The third-order valence-corrected chi connectivity index (χ3v) is 4.69. The number of hydrogen-bond acceptors (Lipinski definition) is 2. The fourth-order valence-electron chi connectivity index (χ4n) is 2.45. The van der Waals surface area contributed by atoms with E-state index in [9.17, 15) is 0 Å². The van der Waals surface area contributed by atoms with Crippen molar-refractivity contribution in [2.24, 2.45) is 0 Å². The van der Waals surface area contributed by atoms with Crippen molar-refractivity contribution in [1.29, 1.82) is 0 Å². The first kappa shape index (κ1) is 15.3. The van der Waals surface area contributed by atoms with Gasteiger partial charge in [0.05, 0.1) is 0 Å². The molecule has 2 rings (SSSR count). The highest BCUT2D eigenvalue weighted by atomic mass is 79.9. The second-order valence-corrected chi connectivity index (χ2v) is 6.15. The maximum absolute atomic E-state index is 5.98. The van der Waals surface area contributed by atoms with E-state index < -0.39 is 0 Å². The topological polar surface area (TPSA) is 25.2 Å². The zero-order chi connectivity index (χ0) is 14.7. The fraction of sp³-hybridized carbons (Fsp3) is 0.412. The van der Waals surface area contributed by atoms with Gasteiger partial charge in [0.2, 0.25) is 0 Å². The molecule has 1 heterocycles.